The molecule has 0 radical (unpaired) electrons. The number of para-hydroxylation sites is 2. The lowest BCUT2D eigenvalue weighted by Crippen LogP contribution is -2.16. The quantitative estimate of drug-likeness (QED) is 0.163. The van der Waals surface area contributed by atoms with Gasteiger partial charge in [0, 0.05) is 44.2 Å². The third-order valence-electron chi connectivity index (χ3n) is 14.0. The van der Waals surface area contributed by atoms with Gasteiger partial charge in [0.2, 0.25) is 0 Å². The van der Waals surface area contributed by atoms with Gasteiger partial charge in [-0.15, -0.1) is 0 Å². The van der Waals surface area contributed by atoms with Gasteiger partial charge in [-0.1, -0.05) is 173 Å². The summed E-state index contributed by atoms with van der Waals surface area (Å²) in [6.07, 6.45) is 0. The number of aromatic nitrogens is 1. The van der Waals surface area contributed by atoms with E-state index in [1.165, 1.54) is 94.3 Å². The van der Waals surface area contributed by atoms with Crippen molar-refractivity contribution >= 4 is 38.9 Å². The highest BCUT2D eigenvalue weighted by Crippen LogP contribution is 2.54. The van der Waals surface area contributed by atoms with Crippen LogP contribution in [0.25, 0.3) is 72.0 Å². The number of hydrogen-bond acceptors (Lipinski definition) is 1. The van der Waals surface area contributed by atoms with Crippen molar-refractivity contribution in [1.29, 1.82) is 0 Å². The Kier molecular flexibility index (Phi) is 7.96. The minimum absolute atomic E-state index is 0.107. The maximum absolute atomic E-state index is 2.51. The Morgan fingerprint density at radius 2 is 0.806 bits per heavy atom. The van der Waals surface area contributed by atoms with E-state index in [1.807, 2.05) is 0 Å². The molecular formula is C60H46N2. The van der Waals surface area contributed by atoms with E-state index in [4.69, 9.17) is 0 Å². The number of fused-ring (bicyclic) bond motifs is 9. The van der Waals surface area contributed by atoms with Crippen molar-refractivity contribution in [2.24, 2.45) is 0 Å². The third-order valence-corrected chi connectivity index (χ3v) is 14.0. The van der Waals surface area contributed by atoms with E-state index < -0.39 is 0 Å². The van der Waals surface area contributed by atoms with E-state index in [0.717, 1.165) is 17.1 Å². The van der Waals surface area contributed by atoms with Crippen molar-refractivity contribution in [3.63, 3.8) is 0 Å². The Bertz CT molecular complexity index is 3330. The Morgan fingerprint density at radius 1 is 0.339 bits per heavy atom. The second-order valence-corrected chi connectivity index (χ2v) is 18.2. The number of benzene rings is 9. The van der Waals surface area contributed by atoms with Crippen LogP contribution in [0, 0.1) is 0 Å². The van der Waals surface area contributed by atoms with E-state index in [0.29, 0.717) is 0 Å². The van der Waals surface area contributed by atoms with Crippen LogP contribution in [0.4, 0.5) is 17.1 Å². The van der Waals surface area contributed by atoms with E-state index in [1.54, 1.807) is 0 Å². The summed E-state index contributed by atoms with van der Waals surface area (Å²) < 4.78 is 2.51. The van der Waals surface area contributed by atoms with Crippen LogP contribution in [0.2, 0.25) is 0 Å². The molecule has 2 nitrogen and oxygen atoms in total. The maximum Gasteiger partial charge on any atom is 0.0549 e. The van der Waals surface area contributed by atoms with E-state index in [-0.39, 0.29) is 10.8 Å². The van der Waals surface area contributed by atoms with Gasteiger partial charge in [-0.3, -0.25) is 0 Å². The standard InChI is InChI=1S/C60H46N2/c1-59(2)51-22-12-8-18-46(51)47-35-34-45(38-53(47)59)61(43-30-26-40(27-31-43)39-16-6-5-7-17-39)44-32-28-41(29-33-44)42-36-54-58(50-21-9-13-23-52(50)60(54,3)4)57(37-42)62-55-24-14-10-19-48(55)49-20-11-15-25-56(49)62/h5-38H,1-4H3. The minimum Gasteiger partial charge on any atom is -0.310 e. The first-order valence-electron chi connectivity index (χ1n) is 21.8. The molecule has 0 bridgehead atoms. The topological polar surface area (TPSA) is 8.17 Å². The molecule has 0 aliphatic heterocycles. The largest absolute Gasteiger partial charge is 0.310 e. The molecule has 9 aromatic carbocycles. The smallest absolute Gasteiger partial charge is 0.0549 e. The first-order valence-corrected chi connectivity index (χ1v) is 21.8. The van der Waals surface area contributed by atoms with Gasteiger partial charge >= 0.3 is 0 Å². The van der Waals surface area contributed by atoms with Crippen molar-refractivity contribution in [1.82, 2.24) is 4.57 Å². The Morgan fingerprint density at radius 3 is 1.45 bits per heavy atom. The molecule has 2 aliphatic carbocycles. The Hall–Kier alpha value is -7.42. The van der Waals surface area contributed by atoms with Gasteiger partial charge < -0.3 is 9.47 Å². The summed E-state index contributed by atoms with van der Waals surface area (Å²) in [5.74, 6) is 0. The van der Waals surface area contributed by atoms with Crippen molar-refractivity contribution in [2.45, 2.75) is 38.5 Å². The summed E-state index contributed by atoms with van der Waals surface area (Å²) >= 11 is 0. The highest BCUT2D eigenvalue weighted by atomic mass is 15.1. The van der Waals surface area contributed by atoms with Gasteiger partial charge in [-0.05, 0) is 122 Å². The average Bonchev–Trinajstić information content (AvgIpc) is 3.86. The number of anilines is 3. The lowest BCUT2D eigenvalue weighted by atomic mass is 9.81. The van der Waals surface area contributed by atoms with Gasteiger partial charge in [-0.25, -0.2) is 0 Å². The Balaban J connectivity index is 1.02. The monoisotopic (exact) mass is 794 g/mol. The molecule has 0 saturated carbocycles. The van der Waals surface area contributed by atoms with E-state index in [2.05, 4.69) is 243 Å². The Labute approximate surface area is 364 Å². The maximum atomic E-state index is 2.51. The summed E-state index contributed by atoms with van der Waals surface area (Å²) in [6, 6.07) is 76.5. The molecule has 0 unspecified atom stereocenters. The number of rotatable bonds is 6. The van der Waals surface area contributed by atoms with Crippen molar-refractivity contribution in [3.8, 4) is 50.2 Å². The minimum atomic E-state index is -0.168. The van der Waals surface area contributed by atoms with Crippen molar-refractivity contribution < 1.29 is 0 Å². The summed E-state index contributed by atoms with van der Waals surface area (Å²) in [7, 11) is 0. The molecule has 10 aromatic rings. The van der Waals surface area contributed by atoms with Crippen LogP contribution < -0.4 is 4.90 Å². The molecule has 12 rings (SSSR count). The van der Waals surface area contributed by atoms with Crippen LogP contribution in [-0.2, 0) is 10.8 Å². The molecule has 0 atom stereocenters. The molecule has 2 aliphatic rings. The fourth-order valence-corrected chi connectivity index (χ4v) is 10.8. The molecule has 0 amide bonds. The second-order valence-electron chi connectivity index (χ2n) is 18.2. The van der Waals surface area contributed by atoms with Crippen molar-refractivity contribution in [2.75, 3.05) is 4.90 Å². The molecule has 2 heteroatoms. The molecule has 296 valence electrons. The van der Waals surface area contributed by atoms with Gasteiger partial charge in [-0.2, -0.15) is 0 Å². The van der Waals surface area contributed by atoms with Gasteiger partial charge in [0.15, 0.2) is 0 Å². The average molecular weight is 795 g/mol. The summed E-state index contributed by atoms with van der Waals surface area (Å²) in [4.78, 5) is 2.42. The summed E-state index contributed by atoms with van der Waals surface area (Å²) in [6.45, 7) is 9.49. The SMILES string of the molecule is CC1(C)c2ccccc2-c2ccc(N(c3ccc(-c4ccccc4)cc3)c3ccc(-c4cc(-n5c6ccccc6c6ccccc65)c5c(c4)C(C)(C)c4ccccc4-5)cc3)cc21. The molecule has 0 fully saturated rings. The van der Waals surface area contributed by atoms with Crippen molar-refractivity contribution in [3.05, 3.63) is 229 Å². The highest BCUT2D eigenvalue weighted by molar-refractivity contribution is 6.10. The molecular weight excluding hydrogens is 749 g/mol. The first kappa shape index (κ1) is 36.4. The summed E-state index contributed by atoms with van der Waals surface area (Å²) in [5.41, 5.74) is 22.4. The van der Waals surface area contributed by atoms with Gasteiger partial charge in [0.1, 0.15) is 0 Å². The summed E-state index contributed by atoms with van der Waals surface area (Å²) in [5, 5.41) is 2.54. The second kappa shape index (κ2) is 13.5. The normalized spacial score (nSPS) is 14.1. The third kappa shape index (κ3) is 5.36. The molecule has 1 heterocycles. The van der Waals surface area contributed by atoms with Crippen LogP contribution in [0.15, 0.2) is 206 Å². The van der Waals surface area contributed by atoms with Crippen LogP contribution in [0.3, 0.4) is 0 Å². The highest BCUT2D eigenvalue weighted by Gasteiger charge is 2.38. The predicted octanol–water partition coefficient (Wildman–Crippen LogP) is 16.2. The molecule has 1 aromatic heterocycles. The number of hydrogen-bond donors (Lipinski definition) is 0. The van der Waals surface area contributed by atoms with Crippen LogP contribution in [0.1, 0.15) is 49.9 Å². The molecule has 0 spiro atoms. The van der Waals surface area contributed by atoms with Crippen LogP contribution in [0.5, 0.6) is 0 Å². The van der Waals surface area contributed by atoms with Gasteiger partial charge in [0.25, 0.3) is 0 Å². The zero-order valence-electron chi connectivity index (χ0n) is 35.5. The fourth-order valence-electron chi connectivity index (χ4n) is 10.8. The molecule has 0 N–H and O–H groups in total. The predicted molar refractivity (Wildman–Crippen MR) is 261 cm³/mol. The lowest BCUT2D eigenvalue weighted by molar-refractivity contribution is 0.660. The van der Waals surface area contributed by atoms with E-state index in [9.17, 15) is 0 Å². The van der Waals surface area contributed by atoms with E-state index >= 15 is 0 Å². The van der Waals surface area contributed by atoms with Crippen LogP contribution in [-0.4, -0.2) is 4.57 Å². The fraction of sp³-hybridized carbons (Fsp3) is 0.100. The zero-order valence-corrected chi connectivity index (χ0v) is 35.5. The number of nitrogens with zero attached hydrogens (tertiary/aromatic N) is 2. The molecule has 0 saturated heterocycles. The lowest BCUT2D eigenvalue weighted by Gasteiger charge is -2.28. The first-order chi connectivity index (χ1) is 30.3. The zero-order chi connectivity index (χ0) is 41.7. The van der Waals surface area contributed by atoms with Crippen LogP contribution >= 0.6 is 0 Å². The van der Waals surface area contributed by atoms with Gasteiger partial charge in [0.05, 0.1) is 16.7 Å². The molecule has 62 heavy (non-hydrogen) atoms.